The highest BCUT2D eigenvalue weighted by Crippen LogP contribution is 2.19. The molecular weight excluding hydrogens is 224 g/mol. The van der Waals surface area contributed by atoms with Crippen molar-refractivity contribution in [3.8, 4) is 0 Å². The molecule has 1 aliphatic rings. The maximum Gasteiger partial charge on any atom is 0.243 e. The molecule has 18 heavy (non-hydrogen) atoms. The van der Waals surface area contributed by atoms with Crippen molar-refractivity contribution < 1.29 is 4.79 Å². The van der Waals surface area contributed by atoms with Gasteiger partial charge in [0.05, 0.1) is 0 Å². The number of nitrogens with one attached hydrogen (secondary N) is 1. The molecule has 96 valence electrons. The molecule has 1 aromatic carbocycles. The molecule has 2 rings (SSSR count). The highest BCUT2D eigenvalue weighted by Gasteiger charge is 2.24. The molecule has 0 unspecified atom stereocenters. The molecule has 1 atom stereocenters. The number of hydrogen-bond donors (Lipinski definition) is 1. The van der Waals surface area contributed by atoms with Crippen LogP contribution in [0.3, 0.4) is 0 Å². The van der Waals surface area contributed by atoms with Crippen LogP contribution < -0.4 is 5.32 Å². The summed E-state index contributed by atoms with van der Waals surface area (Å²) in [6.45, 7) is 6.27. The Morgan fingerprint density at radius 2 is 2.22 bits per heavy atom. The minimum absolute atomic E-state index is 0.0819. The standard InChI is InChI=1S/C15H20N2O/c1-2-15(18)16-11-14-9-6-10-17(14)12-13-7-4-3-5-8-13/h2-5,7-8,14H,1,6,9-12H2,(H,16,18)/t14-/m1/s1. The van der Waals surface area contributed by atoms with Crippen LogP contribution in [0.25, 0.3) is 0 Å². The summed E-state index contributed by atoms with van der Waals surface area (Å²) in [5, 5.41) is 2.89. The Labute approximate surface area is 108 Å². The van der Waals surface area contributed by atoms with Crippen LogP contribution in [-0.2, 0) is 11.3 Å². The number of carbonyl (C=O) groups is 1. The Morgan fingerprint density at radius 3 is 2.94 bits per heavy atom. The molecule has 0 spiro atoms. The number of nitrogens with zero attached hydrogens (tertiary/aromatic N) is 1. The van der Waals surface area contributed by atoms with E-state index < -0.39 is 0 Å². The van der Waals surface area contributed by atoms with E-state index in [1.807, 2.05) is 6.07 Å². The van der Waals surface area contributed by atoms with Gasteiger partial charge < -0.3 is 5.32 Å². The van der Waals surface area contributed by atoms with Gasteiger partial charge in [-0.25, -0.2) is 0 Å². The fourth-order valence-corrected chi connectivity index (χ4v) is 2.44. The minimum atomic E-state index is -0.0819. The van der Waals surface area contributed by atoms with Gasteiger partial charge in [-0.3, -0.25) is 9.69 Å². The van der Waals surface area contributed by atoms with Crippen molar-refractivity contribution in [3.63, 3.8) is 0 Å². The topological polar surface area (TPSA) is 32.3 Å². The summed E-state index contributed by atoms with van der Waals surface area (Å²) in [4.78, 5) is 13.6. The Balaban J connectivity index is 1.87. The van der Waals surface area contributed by atoms with Gasteiger partial charge in [0, 0.05) is 19.1 Å². The number of rotatable bonds is 5. The summed E-state index contributed by atoms with van der Waals surface area (Å²) >= 11 is 0. The summed E-state index contributed by atoms with van der Waals surface area (Å²) in [6, 6.07) is 10.9. The highest BCUT2D eigenvalue weighted by molar-refractivity contribution is 5.86. The summed E-state index contributed by atoms with van der Waals surface area (Å²) < 4.78 is 0. The van der Waals surface area contributed by atoms with Crippen LogP contribution in [-0.4, -0.2) is 29.9 Å². The predicted octanol–water partition coefficient (Wildman–Crippen LogP) is 1.95. The van der Waals surface area contributed by atoms with Gasteiger partial charge in [0.25, 0.3) is 0 Å². The van der Waals surface area contributed by atoms with Crippen LogP contribution in [0.15, 0.2) is 43.0 Å². The van der Waals surface area contributed by atoms with E-state index >= 15 is 0 Å². The van der Waals surface area contributed by atoms with Crippen LogP contribution in [0.5, 0.6) is 0 Å². The molecule has 1 aromatic rings. The molecule has 1 fully saturated rings. The first kappa shape index (κ1) is 12.8. The third-order valence-electron chi connectivity index (χ3n) is 3.42. The van der Waals surface area contributed by atoms with E-state index in [-0.39, 0.29) is 5.91 Å². The lowest BCUT2D eigenvalue weighted by molar-refractivity contribution is -0.116. The Morgan fingerprint density at radius 1 is 1.44 bits per heavy atom. The van der Waals surface area contributed by atoms with E-state index in [2.05, 4.69) is 41.1 Å². The van der Waals surface area contributed by atoms with Gasteiger partial charge >= 0.3 is 0 Å². The zero-order chi connectivity index (χ0) is 12.8. The second-order valence-corrected chi connectivity index (χ2v) is 4.70. The third-order valence-corrected chi connectivity index (χ3v) is 3.42. The molecule has 0 radical (unpaired) electrons. The molecular formula is C15H20N2O. The van der Waals surface area contributed by atoms with E-state index in [4.69, 9.17) is 0 Å². The van der Waals surface area contributed by atoms with Crippen molar-refractivity contribution in [1.82, 2.24) is 10.2 Å². The van der Waals surface area contributed by atoms with Crippen molar-refractivity contribution in [3.05, 3.63) is 48.6 Å². The number of hydrogen-bond acceptors (Lipinski definition) is 2. The third kappa shape index (κ3) is 3.44. The number of amides is 1. The number of likely N-dealkylation sites (tertiary alicyclic amines) is 1. The van der Waals surface area contributed by atoms with Crippen molar-refractivity contribution in [1.29, 1.82) is 0 Å². The smallest absolute Gasteiger partial charge is 0.243 e. The molecule has 1 saturated heterocycles. The Bertz CT molecular complexity index is 402. The van der Waals surface area contributed by atoms with Gasteiger partial charge in [-0.1, -0.05) is 36.9 Å². The summed E-state index contributed by atoms with van der Waals surface area (Å²) in [5.74, 6) is -0.0819. The second-order valence-electron chi connectivity index (χ2n) is 4.70. The second kappa shape index (κ2) is 6.36. The fraction of sp³-hybridized carbons (Fsp3) is 0.400. The first-order chi connectivity index (χ1) is 8.79. The van der Waals surface area contributed by atoms with Crippen LogP contribution in [0.4, 0.5) is 0 Å². The van der Waals surface area contributed by atoms with Crippen LogP contribution in [0.2, 0.25) is 0 Å². The van der Waals surface area contributed by atoms with Gasteiger partial charge in [-0.05, 0) is 31.0 Å². The van der Waals surface area contributed by atoms with Crippen molar-refractivity contribution in [2.75, 3.05) is 13.1 Å². The number of benzene rings is 1. The van der Waals surface area contributed by atoms with E-state index in [9.17, 15) is 4.79 Å². The zero-order valence-corrected chi connectivity index (χ0v) is 10.6. The van der Waals surface area contributed by atoms with Crippen LogP contribution in [0.1, 0.15) is 18.4 Å². The van der Waals surface area contributed by atoms with Gasteiger partial charge in [0.15, 0.2) is 0 Å². The molecule has 3 nitrogen and oxygen atoms in total. The van der Waals surface area contributed by atoms with Gasteiger partial charge in [-0.2, -0.15) is 0 Å². The molecule has 0 aliphatic carbocycles. The maximum absolute atomic E-state index is 11.2. The first-order valence-electron chi connectivity index (χ1n) is 6.48. The van der Waals surface area contributed by atoms with Crippen LogP contribution >= 0.6 is 0 Å². The molecule has 0 aromatic heterocycles. The van der Waals surface area contributed by atoms with Gasteiger partial charge in [0.2, 0.25) is 5.91 Å². The fourth-order valence-electron chi connectivity index (χ4n) is 2.44. The predicted molar refractivity (Wildman–Crippen MR) is 73.1 cm³/mol. The van der Waals surface area contributed by atoms with Gasteiger partial charge in [-0.15, -0.1) is 0 Å². The number of carbonyl (C=O) groups excluding carboxylic acids is 1. The lowest BCUT2D eigenvalue weighted by Gasteiger charge is -2.24. The molecule has 0 saturated carbocycles. The van der Waals surface area contributed by atoms with Gasteiger partial charge in [0.1, 0.15) is 0 Å². The summed E-state index contributed by atoms with van der Waals surface area (Å²) in [5.41, 5.74) is 1.33. The molecule has 1 amide bonds. The average Bonchev–Trinajstić information content (AvgIpc) is 2.84. The van der Waals surface area contributed by atoms with E-state index in [0.717, 1.165) is 26.1 Å². The van der Waals surface area contributed by atoms with E-state index in [0.29, 0.717) is 6.04 Å². The van der Waals surface area contributed by atoms with E-state index in [1.54, 1.807) is 0 Å². The van der Waals surface area contributed by atoms with Crippen LogP contribution in [0, 0.1) is 0 Å². The minimum Gasteiger partial charge on any atom is -0.351 e. The molecule has 0 bridgehead atoms. The highest BCUT2D eigenvalue weighted by atomic mass is 16.1. The van der Waals surface area contributed by atoms with E-state index in [1.165, 1.54) is 18.1 Å². The monoisotopic (exact) mass is 244 g/mol. The quantitative estimate of drug-likeness (QED) is 0.803. The maximum atomic E-state index is 11.2. The summed E-state index contributed by atoms with van der Waals surface area (Å²) in [7, 11) is 0. The summed E-state index contributed by atoms with van der Waals surface area (Å²) in [6.07, 6.45) is 3.70. The van der Waals surface area contributed by atoms with Crippen molar-refractivity contribution in [2.24, 2.45) is 0 Å². The zero-order valence-electron chi connectivity index (χ0n) is 10.6. The normalized spacial score (nSPS) is 19.7. The Hall–Kier alpha value is -1.61. The molecule has 1 aliphatic heterocycles. The molecule has 1 heterocycles. The lowest BCUT2D eigenvalue weighted by Crippen LogP contribution is -2.39. The largest absolute Gasteiger partial charge is 0.351 e. The van der Waals surface area contributed by atoms with Crippen molar-refractivity contribution >= 4 is 5.91 Å². The van der Waals surface area contributed by atoms with Crippen molar-refractivity contribution in [2.45, 2.75) is 25.4 Å². The first-order valence-corrected chi connectivity index (χ1v) is 6.48. The molecule has 1 N–H and O–H groups in total. The lowest BCUT2D eigenvalue weighted by atomic mass is 10.2. The average molecular weight is 244 g/mol. The molecule has 3 heteroatoms. The SMILES string of the molecule is C=CC(=O)NC[C@H]1CCCN1Cc1ccccc1. The Kier molecular flexibility index (Phi) is 4.53.